The number of ether oxygens (including phenoxy) is 1. The summed E-state index contributed by atoms with van der Waals surface area (Å²) in [6.45, 7) is 4.75. The summed E-state index contributed by atoms with van der Waals surface area (Å²) >= 11 is 0. The highest BCUT2D eigenvalue weighted by molar-refractivity contribution is 5.78. The summed E-state index contributed by atoms with van der Waals surface area (Å²) in [7, 11) is 0. The van der Waals surface area contributed by atoms with E-state index >= 15 is 0 Å². The first-order valence-corrected chi connectivity index (χ1v) is 5.83. The predicted octanol–water partition coefficient (Wildman–Crippen LogP) is 2.18. The third-order valence-electron chi connectivity index (χ3n) is 2.49. The highest BCUT2D eigenvalue weighted by Gasteiger charge is 2.34. The van der Waals surface area contributed by atoms with Crippen LogP contribution in [0.2, 0.25) is 0 Å². The molecule has 0 saturated heterocycles. The van der Waals surface area contributed by atoms with Crippen molar-refractivity contribution in [3.05, 3.63) is 29.8 Å². The lowest BCUT2D eigenvalue weighted by Gasteiger charge is -2.28. The van der Waals surface area contributed by atoms with E-state index in [0.717, 1.165) is 12.1 Å². The molecule has 0 bridgehead atoms. The first-order valence-electron chi connectivity index (χ1n) is 5.83. The number of halogens is 2. The summed E-state index contributed by atoms with van der Waals surface area (Å²) in [5, 5.41) is 12.0. The monoisotopic (exact) mass is 273 g/mol. The minimum atomic E-state index is -1.35. The third kappa shape index (κ3) is 4.17. The molecule has 0 heterocycles. The Balaban J connectivity index is 2.79. The van der Waals surface area contributed by atoms with Gasteiger partial charge < -0.3 is 9.84 Å². The van der Waals surface area contributed by atoms with Gasteiger partial charge in [-0.2, -0.15) is 0 Å². The van der Waals surface area contributed by atoms with Crippen molar-refractivity contribution in [1.29, 1.82) is 0 Å². The number of carboxylic acid groups (broad SMARTS) is 1. The second-order valence-corrected chi connectivity index (χ2v) is 4.80. The lowest BCUT2D eigenvalue weighted by atomic mass is 10.0. The smallest absolute Gasteiger partial charge is 0.327 e. The van der Waals surface area contributed by atoms with Crippen LogP contribution in [-0.4, -0.2) is 29.3 Å². The molecule has 0 amide bonds. The average molecular weight is 273 g/mol. The molecule has 106 valence electrons. The van der Waals surface area contributed by atoms with E-state index in [1.807, 2.05) is 0 Å². The van der Waals surface area contributed by atoms with E-state index in [1.54, 1.807) is 13.8 Å². The maximum atomic E-state index is 13.4. The van der Waals surface area contributed by atoms with Crippen LogP contribution in [0.3, 0.4) is 0 Å². The van der Waals surface area contributed by atoms with Gasteiger partial charge in [-0.25, -0.2) is 8.78 Å². The summed E-state index contributed by atoms with van der Waals surface area (Å²) in [6.07, 6.45) is 0. The van der Waals surface area contributed by atoms with Crippen molar-refractivity contribution >= 4 is 5.97 Å². The molecule has 0 aliphatic carbocycles. The van der Waals surface area contributed by atoms with E-state index in [4.69, 9.17) is 4.74 Å². The van der Waals surface area contributed by atoms with Gasteiger partial charge in [-0.15, -0.1) is 0 Å². The Hall–Kier alpha value is -1.69. The van der Waals surface area contributed by atoms with Crippen LogP contribution in [0.5, 0.6) is 5.75 Å². The molecule has 4 nitrogen and oxygen atoms in total. The summed E-state index contributed by atoms with van der Waals surface area (Å²) in [5.74, 6) is -2.87. The van der Waals surface area contributed by atoms with Gasteiger partial charge in [0.2, 0.25) is 0 Å². The summed E-state index contributed by atoms with van der Waals surface area (Å²) in [4.78, 5) is 11.2. The highest BCUT2D eigenvalue weighted by atomic mass is 19.1. The third-order valence-corrected chi connectivity index (χ3v) is 2.49. The zero-order valence-corrected chi connectivity index (χ0v) is 11.0. The minimum absolute atomic E-state index is 0.0808. The number of carbonyl (C=O) groups is 1. The summed E-state index contributed by atoms with van der Waals surface area (Å²) in [5.41, 5.74) is -1.35. The van der Waals surface area contributed by atoms with Gasteiger partial charge in [0, 0.05) is 12.1 Å². The molecule has 0 fully saturated rings. The number of benzene rings is 1. The number of hydrogen-bond donors (Lipinski definition) is 2. The van der Waals surface area contributed by atoms with Crippen molar-refractivity contribution in [3.8, 4) is 5.75 Å². The van der Waals surface area contributed by atoms with Crippen molar-refractivity contribution in [3.63, 3.8) is 0 Å². The van der Waals surface area contributed by atoms with Crippen LogP contribution >= 0.6 is 0 Å². The number of rotatable bonds is 6. The fourth-order valence-electron chi connectivity index (χ4n) is 1.62. The van der Waals surface area contributed by atoms with Crippen LogP contribution in [-0.2, 0) is 4.79 Å². The summed E-state index contributed by atoms with van der Waals surface area (Å²) in [6, 6.07) is 2.78. The number of carboxylic acids is 1. The Kier molecular flexibility index (Phi) is 4.83. The molecule has 1 rings (SSSR count). The van der Waals surface area contributed by atoms with Gasteiger partial charge >= 0.3 is 5.97 Å². The topological polar surface area (TPSA) is 58.6 Å². The normalized spacial score (nSPS) is 14.2. The van der Waals surface area contributed by atoms with Crippen molar-refractivity contribution < 1.29 is 23.4 Å². The Morgan fingerprint density at radius 1 is 1.47 bits per heavy atom. The van der Waals surface area contributed by atoms with Crippen molar-refractivity contribution in [1.82, 2.24) is 5.32 Å². The van der Waals surface area contributed by atoms with E-state index in [1.165, 1.54) is 6.92 Å². The first kappa shape index (κ1) is 15.4. The summed E-state index contributed by atoms with van der Waals surface area (Å²) < 4.78 is 31.2. The molecule has 2 N–H and O–H groups in total. The zero-order valence-electron chi connectivity index (χ0n) is 11.0. The molecule has 1 aromatic rings. The molecule has 0 spiro atoms. The maximum absolute atomic E-state index is 13.4. The van der Waals surface area contributed by atoms with Gasteiger partial charge in [-0.3, -0.25) is 10.1 Å². The fraction of sp³-hybridized carbons (Fsp3) is 0.462. The molecule has 0 saturated carbocycles. The number of hydrogen-bond acceptors (Lipinski definition) is 3. The Bertz CT molecular complexity index is 465. The van der Waals surface area contributed by atoms with E-state index in [2.05, 4.69) is 5.32 Å². The largest absolute Gasteiger partial charge is 0.488 e. The molecule has 6 heteroatoms. The Labute approximate surface area is 110 Å². The van der Waals surface area contributed by atoms with Gasteiger partial charge in [-0.05, 0) is 32.9 Å². The molecular formula is C13H17F2NO3. The molecule has 1 aromatic carbocycles. The van der Waals surface area contributed by atoms with Gasteiger partial charge in [0.15, 0.2) is 11.6 Å². The van der Waals surface area contributed by atoms with Crippen LogP contribution in [0.4, 0.5) is 8.78 Å². The van der Waals surface area contributed by atoms with E-state index in [-0.39, 0.29) is 18.4 Å². The quantitative estimate of drug-likeness (QED) is 0.834. The molecule has 0 aromatic heterocycles. The lowest BCUT2D eigenvalue weighted by molar-refractivity contribution is -0.145. The average Bonchev–Trinajstić information content (AvgIpc) is 2.26. The lowest BCUT2D eigenvalue weighted by Crippen LogP contribution is -2.56. The highest BCUT2D eigenvalue weighted by Crippen LogP contribution is 2.19. The first-order chi connectivity index (χ1) is 8.74. The molecule has 0 radical (unpaired) electrons. The molecule has 1 unspecified atom stereocenters. The zero-order chi connectivity index (χ0) is 14.6. The number of nitrogens with one attached hydrogen (secondary N) is 1. The maximum Gasteiger partial charge on any atom is 0.327 e. The second kappa shape index (κ2) is 5.97. The molecule has 1 atom stereocenters. The number of aliphatic carboxylic acids is 1. The van der Waals surface area contributed by atoms with Crippen LogP contribution in [0, 0.1) is 11.6 Å². The molecule has 0 aliphatic heterocycles. The van der Waals surface area contributed by atoms with Gasteiger partial charge in [0.1, 0.15) is 18.0 Å². The van der Waals surface area contributed by atoms with Crippen molar-refractivity contribution in [2.75, 3.05) is 6.61 Å². The SMILES string of the molecule is CC(C)NC(C)(COc1ccc(F)cc1F)C(=O)O. The van der Waals surface area contributed by atoms with E-state index < -0.39 is 23.1 Å². The van der Waals surface area contributed by atoms with Crippen LogP contribution < -0.4 is 10.1 Å². The van der Waals surface area contributed by atoms with Crippen LogP contribution in [0.25, 0.3) is 0 Å². The van der Waals surface area contributed by atoms with E-state index in [9.17, 15) is 18.7 Å². The van der Waals surface area contributed by atoms with E-state index in [0.29, 0.717) is 6.07 Å². The van der Waals surface area contributed by atoms with Crippen LogP contribution in [0.1, 0.15) is 20.8 Å². The molecular weight excluding hydrogens is 256 g/mol. The van der Waals surface area contributed by atoms with Gasteiger partial charge in [0.25, 0.3) is 0 Å². The predicted molar refractivity (Wildman–Crippen MR) is 66.2 cm³/mol. The second-order valence-electron chi connectivity index (χ2n) is 4.80. The standard InChI is InChI=1S/C13H17F2NO3/c1-8(2)16-13(3,12(17)18)7-19-11-5-4-9(14)6-10(11)15/h4-6,8,16H,7H2,1-3H3,(H,17,18). The van der Waals surface area contributed by atoms with Crippen LogP contribution in [0.15, 0.2) is 18.2 Å². The Morgan fingerprint density at radius 3 is 2.58 bits per heavy atom. The Morgan fingerprint density at radius 2 is 2.11 bits per heavy atom. The molecule has 19 heavy (non-hydrogen) atoms. The fourth-order valence-corrected chi connectivity index (χ4v) is 1.62. The van der Waals surface area contributed by atoms with Gasteiger partial charge in [0.05, 0.1) is 0 Å². The van der Waals surface area contributed by atoms with Crippen molar-refractivity contribution in [2.45, 2.75) is 32.4 Å². The molecule has 0 aliphatic rings. The van der Waals surface area contributed by atoms with Crippen molar-refractivity contribution in [2.24, 2.45) is 0 Å². The van der Waals surface area contributed by atoms with Gasteiger partial charge in [-0.1, -0.05) is 0 Å². The minimum Gasteiger partial charge on any atom is -0.488 e.